The van der Waals surface area contributed by atoms with E-state index in [9.17, 15) is 0 Å². The Hall–Kier alpha value is -2.34. The summed E-state index contributed by atoms with van der Waals surface area (Å²) in [5, 5.41) is 12.7. The molecule has 0 saturated carbocycles. The van der Waals surface area contributed by atoms with Crippen LogP contribution >= 0.6 is 15.9 Å². The molecule has 134 valence electrons. The minimum absolute atomic E-state index is 0.372. The van der Waals surface area contributed by atoms with Gasteiger partial charge in [0.25, 0.3) is 0 Å². The van der Waals surface area contributed by atoms with Crippen molar-refractivity contribution in [2.75, 3.05) is 0 Å². The van der Waals surface area contributed by atoms with Crippen molar-refractivity contribution in [3.8, 4) is 11.4 Å². The number of hydrogen-bond acceptors (Lipinski definition) is 4. The van der Waals surface area contributed by atoms with Crippen molar-refractivity contribution >= 4 is 26.4 Å². The predicted molar refractivity (Wildman–Crippen MR) is 109 cm³/mol. The molecule has 0 unspecified atom stereocenters. The summed E-state index contributed by atoms with van der Waals surface area (Å²) in [5.41, 5.74) is 4.31. The highest BCUT2D eigenvalue weighted by Crippen LogP contribution is 2.35. The molecule has 0 atom stereocenters. The fraction of sp³-hybridized carbons (Fsp3) is 0.300. The maximum atomic E-state index is 4.81. The molecule has 26 heavy (non-hydrogen) atoms. The van der Waals surface area contributed by atoms with Crippen LogP contribution in [0.1, 0.15) is 50.7 Å². The molecule has 0 aliphatic carbocycles. The minimum atomic E-state index is 0.372. The average molecular weight is 412 g/mol. The SMILES string of the molecule is CC(C)c1cccc(C(C)C)c1/N=C(\Br)n1nnc(-c2ccccc2)n1. The van der Waals surface area contributed by atoms with Gasteiger partial charge in [-0.1, -0.05) is 76.2 Å². The van der Waals surface area contributed by atoms with E-state index in [1.165, 1.54) is 15.9 Å². The molecule has 0 radical (unpaired) electrons. The van der Waals surface area contributed by atoms with Gasteiger partial charge in [-0.15, -0.1) is 15.0 Å². The zero-order chi connectivity index (χ0) is 18.7. The number of para-hydroxylation sites is 1. The second kappa shape index (κ2) is 7.91. The smallest absolute Gasteiger partial charge is 0.220 e. The fourth-order valence-corrected chi connectivity index (χ4v) is 3.10. The highest BCUT2D eigenvalue weighted by Gasteiger charge is 2.15. The quantitative estimate of drug-likeness (QED) is 0.419. The molecule has 0 aliphatic rings. The number of aromatic nitrogens is 4. The van der Waals surface area contributed by atoms with Crippen molar-refractivity contribution in [2.45, 2.75) is 39.5 Å². The van der Waals surface area contributed by atoms with E-state index >= 15 is 0 Å². The summed E-state index contributed by atoms with van der Waals surface area (Å²) in [6, 6.07) is 16.1. The molecule has 5 nitrogen and oxygen atoms in total. The number of tetrazole rings is 1. The topological polar surface area (TPSA) is 56.0 Å². The maximum absolute atomic E-state index is 4.81. The third-order valence-corrected chi connectivity index (χ3v) is 4.65. The van der Waals surface area contributed by atoms with E-state index in [0.29, 0.717) is 22.4 Å². The lowest BCUT2D eigenvalue weighted by molar-refractivity contribution is 0.771. The largest absolute Gasteiger partial charge is 0.221 e. The van der Waals surface area contributed by atoms with Crippen LogP contribution in [0, 0.1) is 0 Å². The van der Waals surface area contributed by atoms with Gasteiger partial charge in [-0.05, 0) is 44.1 Å². The number of nitrogens with zero attached hydrogens (tertiary/aromatic N) is 5. The lowest BCUT2D eigenvalue weighted by Crippen LogP contribution is -2.09. The van der Waals surface area contributed by atoms with Crippen LogP contribution in [0.15, 0.2) is 53.5 Å². The third kappa shape index (κ3) is 3.90. The summed E-state index contributed by atoms with van der Waals surface area (Å²) < 4.78 is 0.516. The van der Waals surface area contributed by atoms with Crippen LogP contribution in [0.3, 0.4) is 0 Å². The number of hydrogen-bond donors (Lipinski definition) is 0. The van der Waals surface area contributed by atoms with Gasteiger partial charge in [0.1, 0.15) is 0 Å². The molecule has 0 saturated heterocycles. The Morgan fingerprint density at radius 1 is 0.923 bits per heavy atom. The number of rotatable bonds is 4. The monoisotopic (exact) mass is 411 g/mol. The van der Waals surface area contributed by atoms with E-state index in [0.717, 1.165) is 11.3 Å². The van der Waals surface area contributed by atoms with Crippen molar-refractivity contribution in [1.82, 2.24) is 20.2 Å². The number of aliphatic imine (C=N–C) groups is 1. The van der Waals surface area contributed by atoms with E-state index in [1.807, 2.05) is 30.3 Å². The van der Waals surface area contributed by atoms with E-state index in [2.05, 4.69) is 77.2 Å². The van der Waals surface area contributed by atoms with Gasteiger partial charge in [0.2, 0.25) is 10.6 Å². The van der Waals surface area contributed by atoms with E-state index < -0.39 is 0 Å². The fourth-order valence-electron chi connectivity index (χ4n) is 2.77. The molecule has 0 N–H and O–H groups in total. The molecule has 1 heterocycles. The summed E-state index contributed by atoms with van der Waals surface area (Å²) >= 11 is 3.52. The summed E-state index contributed by atoms with van der Waals surface area (Å²) in [6.07, 6.45) is 0. The Bertz CT molecular complexity index is 887. The van der Waals surface area contributed by atoms with Crippen LogP contribution in [0.2, 0.25) is 0 Å². The Kier molecular flexibility index (Phi) is 5.61. The Balaban J connectivity index is 2.02. The van der Waals surface area contributed by atoms with Gasteiger partial charge in [0.05, 0.1) is 5.69 Å². The maximum Gasteiger partial charge on any atom is 0.220 e. The van der Waals surface area contributed by atoms with Gasteiger partial charge in [-0.25, -0.2) is 4.99 Å². The van der Waals surface area contributed by atoms with Crippen molar-refractivity contribution in [3.05, 3.63) is 59.7 Å². The van der Waals surface area contributed by atoms with Crippen molar-refractivity contribution < 1.29 is 0 Å². The molecule has 0 amide bonds. The average Bonchev–Trinajstić information content (AvgIpc) is 3.12. The van der Waals surface area contributed by atoms with Gasteiger partial charge in [-0.3, -0.25) is 0 Å². The van der Waals surface area contributed by atoms with Crippen molar-refractivity contribution in [3.63, 3.8) is 0 Å². The van der Waals surface area contributed by atoms with E-state index in [1.54, 1.807) is 0 Å². The van der Waals surface area contributed by atoms with Crippen LogP contribution < -0.4 is 0 Å². The molecule has 0 bridgehead atoms. The minimum Gasteiger partial charge on any atom is -0.221 e. The molecule has 0 aliphatic heterocycles. The van der Waals surface area contributed by atoms with Gasteiger partial charge in [-0.2, -0.15) is 0 Å². The normalized spacial score (nSPS) is 12.2. The molecule has 0 fully saturated rings. The van der Waals surface area contributed by atoms with Gasteiger partial charge in [0, 0.05) is 5.56 Å². The molecule has 0 spiro atoms. The number of halogens is 1. The Morgan fingerprint density at radius 3 is 2.12 bits per heavy atom. The summed E-state index contributed by atoms with van der Waals surface area (Å²) in [6.45, 7) is 8.70. The molecular weight excluding hydrogens is 390 g/mol. The van der Waals surface area contributed by atoms with E-state index in [4.69, 9.17) is 4.99 Å². The van der Waals surface area contributed by atoms with Crippen LogP contribution in [0.25, 0.3) is 11.4 Å². The molecule has 3 aromatic rings. The number of benzene rings is 2. The van der Waals surface area contributed by atoms with Crippen molar-refractivity contribution in [2.24, 2.45) is 4.99 Å². The first-order valence-electron chi connectivity index (χ1n) is 8.70. The van der Waals surface area contributed by atoms with Gasteiger partial charge >= 0.3 is 0 Å². The Morgan fingerprint density at radius 2 is 1.54 bits per heavy atom. The summed E-state index contributed by atoms with van der Waals surface area (Å²) in [7, 11) is 0. The van der Waals surface area contributed by atoms with Crippen molar-refractivity contribution in [1.29, 1.82) is 0 Å². The summed E-state index contributed by atoms with van der Waals surface area (Å²) in [5.74, 6) is 1.31. The Labute approximate surface area is 162 Å². The standard InChI is InChI=1S/C20H22BrN5/c1-13(2)16-11-8-12-17(14(3)4)18(16)22-20(21)26-24-19(23-25-26)15-9-6-5-7-10-15/h5-14H,1-4H3/b22-20+. The highest BCUT2D eigenvalue weighted by atomic mass is 79.9. The predicted octanol–water partition coefficient (Wildman–Crippen LogP) is 5.52. The van der Waals surface area contributed by atoms with Gasteiger partial charge < -0.3 is 0 Å². The first kappa shape index (κ1) is 18.5. The second-order valence-electron chi connectivity index (χ2n) is 6.74. The lowest BCUT2D eigenvalue weighted by atomic mass is 9.93. The first-order valence-corrected chi connectivity index (χ1v) is 9.49. The van der Waals surface area contributed by atoms with Gasteiger partial charge in [0.15, 0.2) is 0 Å². The van der Waals surface area contributed by atoms with Crippen LogP contribution in [-0.4, -0.2) is 25.0 Å². The molecule has 6 heteroatoms. The lowest BCUT2D eigenvalue weighted by Gasteiger charge is -2.16. The zero-order valence-electron chi connectivity index (χ0n) is 15.4. The second-order valence-corrected chi connectivity index (χ2v) is 7.45. The highest BCUT2D eigenvalue weighted by molar-refractivity contribution is 9.18. The van der Waals surface area contributed by atoms with E-state index in [-0.39, 0.29) is 0 Å². The molecule has 2 aromatic carbocycles. The molecule has 3 rings (SSSR count). The van der Waals surface area contributed by atoms with Crippen LogP contribution in [0.4, 0.5) is 5.69 Å². The zero-order valence-corrected chi connectivity index (χ0v) is 17.0. The molecule has 1 aromatic heterocycles. The summed E-state index contributed by atoms with van der Waals surface area (Å²) in [4.78, 5) is 6.23. The first-order chi connectivity index (χ1) is 12.5. The third-order valence-electron chi connectivity index (χ3n) is 4.16. The van der Waals surface area contributed by atoms with Crippen LogP contribution in [0.5, 0.6) is 0 Å². The van der Waals surface area contributed by atoms with Crippen LogP contribution in [-0.2, 0) is 0 Å². The molecular formula is C20H22BrN5.